The van der Waals surface area contributed by atoms with Gasteiger partial charge in [0.25, 0.3) is 0 Å². The first-order valence-electron chi connectivity index (χ1n) is 6.93. The molecule has 0 aromatic carbocycles. The largest absolute Gasteiger partial charge is 0.421 e. The van der Waals surface area contributed by atoms with Crippen LogP contribution in [0, 0.1) is 25.2 Å². The zero-order valence-corrected chi connectivity index (χ0v) is 13.4. The summed E-state index contributed by atoms with van der Waals surface area (Å²) in [5.41, 5.74) is 3.09. The molecular formula is C15H13N5O2S. The summed E-state index contributed by atoms with van der Waals surface area (Å²) in [6.45, 7) is 4.08. The number of nitriles is 1. The lowest BCUT2D eigenvalue weighted by atomic mass is 10.1. The van der Waals surface area contributed by atoms with Crippen molar-refractivity contribution in [2.24, 2.45) is 0 Å². The number of pyridine rings is 1. The molecule has 0 fully saturated rings. The molecule has 0 saturated carbocycles. The van der Waals surface area contributed by atoms with Crippen molar-refractivity contribution in [2.75, 3.05) is 5.75 Å². The van der Waals surface area contributed by atoms with Gasteiger partial charge in [-0.3, -0.25) is 4.57 Å². The summed E-state index contributed by atoms with van der Waals surface area (Å²) < 4.78 is 6.61. The van der Waals surface area contributed by atoms with Crippen LogP contribution in [0.25, 0.3) is 11.2 Å². The molecule has 0 atom stereocenters. The van der Waals surface area contributed by atoms with Gasteiger partial charge in [0.05, 0.1) is 11.3 Å². The van der Waals surface area contributed by atoms with Crippen molar-refractivity contribution in [1.82, 2.24) is 19.7 Å². The summed E-state index contributed by atoms with van der Waals surface area (Å²) in [4.78, 5) is 16.0. The van der Waals surface area contributed by atoms with Gasteiger partial charge >= 0.3 is 5.76 Å². The Morgan fingerprint density at radius 3 is 3.00 bits per heavy atom. The van der Waals surface area contributed by atoms with Crippen molar-refractivity contribution in [1.29, 1.82) is 5.26 Å². The van der Waals surface area contributed by atoms with Crippen molar-refractivity contribution in [3.8, 4) is 6.07 Å². The van der Waals surface area contributed by atoms with E-state index < -0.39 is 5.76 Å². The molecule has 0 aliphatic heterocycles. The lowest BCUT2D eigenvalue weighted by Crippen LogP contribution is -2.16. The molecule has 8 heteroatoms. The maximum absolute atomic E-state index is 11.9. The minimum Gasteiger partial charge on any atom is -0.406 e. The smallest absolute Gasteiger partial charge is 0.406 e. The molecule has 7 nitrogen and oxygen atoms in total. The molecule has 0 radical (unpaired) electrons. The van der Waals surface area contributed by atoms with E-state index in [0.717, 1.165) is 11.3 Å². The van der Waals surface area contributed by atoms with Gasteiger partial charge in [-0.05, 0) is 31.5 Å². The van der Waals surface area contributed by atoms with Crippen molar-refractivity contribution in [2.45, 2.75) is 25.4 Å². The van der Waals surface area contributed by atoms with Crippen LogP contribution < -0.4 is 5.76 Å². The van der Waals surface area contributed by atoms with Crippen LogP contribution in [0.5, 0.6) is 0 Å². The molecule has 3 heterocycles. The number of nitrogens with zero attached hydrogens (tertiary/aromatic N) is 5. The fourth-order valence-corrected chi connectivity index (χ4v) is 3.06. The number of aromatic nitrogens is 4. The van der Waals surface area contributed by atoms with Crippen LogP contribution in [0.3, 0.4) is 0 Å². The van der Waals surface area contributed by atoms with Gasteiger partial charge in [0.1, 0.15) is 11.1 Å². The monoisotopic (exact) mass is 327 g/mol. The maximum atomic E-state index is 11.9. The minimum atomic E-state index is -0.439. The Hall–Kier alpha value is -2.66. The van der Waals surface area contributed by atoms with Gasteiger partial charge in [-0.1, -0.05) is 0 Å². The van der Waals surface area contributed by atoms with Gasteiger partial charge in [-0.2, -0.15) is 10.4 Å². The Balaban J connectivity index is 1.80. The normalized spacial score (nSPS) is 10.8. The highest BCUT2D eigenvalue weighted by molar-refractivity contribution is 7.99. The SMILES string of the molecule is Cc1nnc(SCCn2c(=O)oc3cccnc32)c(C#N)c1C. The third-order valence-corrected chi connectivity index (χ3v) is 4.46. The molecule has 0 amide bonds. The molecule has 0 spiro atoms. The summed E-state index contributed by atoms with van der Waals surface area (Å²) in [6, 6.07) is 5.59. The van der Waals surface area contributed by atoms with Crippen LogP contribution >= 0.6 is 11.8 Å². The summed E-state index contributed by atoms with van der Waals surface area (Å²) in [5, 5.41) is 18.0. The van der Waals surface area contributed by atoms with E-state index in [1.54, 1.807) is 18.3 Å². The lowest BCUT2D eigenvalue weighted by Gasteiger charge is -2.06. The topological polar surface area (TPSA) is 97.6 Å². The first-order chi connectivity index (χ1) is 11.1. The average Bonchev–Trinajstić information content (AvgIpc) is 2.87. The van der Waals surface area contributed by atoms with Gasteiger partial charge in [0, 0.05) is 18.5 Å². The predicted octanol–water partition coefficient (Wildman–Crippen LogP) is 2.06. The quantitative estimate of drug-likeness (QED) is 0.676. The molecule has 23 heavy (non-hydrogen) atoms. The Morgan fingerprint density at radius 2 is 2.22 bits per heavy atom. The molecule has 116 valence electrons. The standard InChI is InChI=1S/C15H13N5O2S/c1-9-10(2)18-19-14(11(9)8-16)23-7-6-20-13-12(22-15(20)21)4-3-5-17-13/h3-5H,6-7H2,1-2H3. The van der Waals surface area contributed by atoms with E-state index in [9.17, 15) is 10.1 Å². The fourth-order valence-electron chi connectivity index (χ4n) is 2.15. The minimum absolute atomic E-state index is 0.410. The van der Waals surface area contributed by atoms with Gasteiger partial charge < -0.3 is 4.42 Å². The van der Waals surface area contributed by atoms with Crippen LogP contribution in [0.15, 0.2) is 32.6 Å². The van der Waals surface area contributed by atoms with Crippen LogP contribution in [0.2, 0.25) is 0 Å². The number of fused-ring (bicyclic) bond motifs is 1. The van der Waals surface area contributed by atoms with Gasteiger partial charge in [-0.15, -0.1) is 16.9 Å². The van der Waals surface area contributed by atoms with Crippen molar-refractivity contribution >= 4 is 23.0 Å². The highest BCUT2D eigenvalue weighted by Gasteiger charge is 2.13. The van der Waals surface area contributed by atoms with Crippen LogP contribution in [0.1, 0.15) is 16.8 Å². The number of oxazole rings is 1. The van der Waals surface area contributed by atoms with E-state index in [4.69, 9.17) is 4.42 Å². The Labute approximate surface area is 136 Å². The second-order valence-corrected chi connectivity index (χ2v) is 5.98. The van der Waals surface area contributed by atoms with Gasteiger partial charge in [-0.25, -0.2) is 9.78 Å². The van der Waals surface area contributed by atoms with E-state index in [2.05, 4.69) is 21.3 Å². The van der Waals surface area contributed by atoms with Crippen LogP contribution in [-0.2, 0) is 6.54 Å². The highest BCUT2D eigenvalue weighted by Crippen LogP contribution is 2.23. The number of hydrogen-bond donors (Lipinski definition) is 0. The van der Waals surface area contributed by atoms with E-state index in [-0.39, 0.29) is 0 Å². The summed E-state index contributed by atoms with van der Waals surface area (Å²) >= 11 is 1.38. The molecule has 3 rings (SSSR count). The molecule has 0 aliphatic carbocycles. The molecule has 3 aromatic heterocycles. The summed E-state index contributed by atoms with van der Waals surface area (Å²) in [6.07, 6.45) is 1.61. The molecule has 0 aliphatic rings. The second kappa shape index (κ2) is 6.22. The third kappa shape index (κ3) is 2.83. The Morgan fingerprint density at radius 1 is 1.39 bits per heavy atom. The summed E-state index contributed by atoms with van der Waals surface area (Å²) in [7, 11) is 0. The summed E-state index contributed by atoms with van der Waals surface area (Å²) in [5.74, 6) is 0.114. The Kier molecular flexibility index (Phi) is 4.12. The highest BCUT2D eigenvalue weighted by atomic mass is 32.2. The molecule has 0 bridgehead atoms. The number of aryl methyl sites for hydroxylation is 2. The second-order valence-electron chi connectivity index (χ2n) is 4.90. The van der Waals surface area contributed by atoms with Crippen LogP contribution in [0.4, 0.5) is 0 Å². The van der Waals surface area contributed by atoms with Crippen molar-refractivity contribution in [3.05, 3.63) is 45.7 Å². The number of hydrogen-bond acceptors (Lipinski definition) is 7. The maximum Gasteiger partial charge on any atom is 0.421 e. The lowest BCUT2D eigenvalue weighted by molar-refractivity contribution is 0.514. The molecule has 0 unspecified atom stereocenters. The Bertz CT molecular complexity index is 970. The zero-order valence-electron chi connectivity index (χ0n) is 12.6. The van der Waals surface area contributed by atoms with Gasteiger partial charge in [0.15, 0.2) is 11.2 Å². The molecule has 0 saturated heterocycles. The van der Waals surface area contributed by atoms with E-state index in [1.165, 1.54) is 16.3 Å². The average molecular weight is 327 g/mol. The van der Waals surface area contributed by atoms with E-state index >= 15 is 0 Å². The fraction of sp³-hybridized carbons (Fsp3) is 0.267. The first-order valence-corrected chi connectivity index (χ1v) is 7.91. The van der Waals surface area contributed by atoms with E-state index in [1.807, 2.05) is 13.8 Å². The predicted molar refractivity (Wildman–Crippen MR) is 85.2 cm³/mol. The zero-order chi connectivity index (χ0) is 16.4. The molecule has 0 N–H and O–H groups in total. The number of rotatable bonds is 4. The number of thioether (sulfide) groups is 1. The molecule has 3 aromatic rings. The van der Waals surface area contributed by atoms with E-state index in [0.29, 0.717) is 34.1 Å². The van der Waals surface area contributed by atoms with Crippen molar-refractivity contribution in [3.63, 3.8) is 0 Å². The van der Waals surface area contributed by atoms with Crippen LogP contribution in [-0.4, -0.2) is 25.5 Å². The van der Waals surface area contributed by atoms with Gasteiger partial charge in [0.2, 0.25) is 0 Å². The molecular weight excluding hydrogens is 314 g/mol. The van der Waals surface area contributed by atoms with Crippen molar-refractivity contribution < 1.29 is 4.42 Å². The third-order valence-electron chi connectivity index (χ3n) is 3.51. The first kappa shape index (κ1) is 15.2.